The number of cyclic esters (lactones) is 1. The predicted octanol–water partition coefficient (Wildman–Crippen LogP) is 2.94. The van der Waals surface area contributed by atoms with Gasteiger partial charge in [0.2, 0.25) is 5.89 Å². The molecule has 1 aromatic heterocycles. The van der Waals surface area contributed by atoms with Gasteiger partial charge in [0.05, 0.1) is 42.3 Å². The molecule has 3 rings (SSSR count). The highest BCUT2D eigenvalue weighted by Crippen LogP contribution is 2.44. The maximum Gasteiger partial charge on any atom is 0.309 e. The smallest absolute Gasteiger partial charge is 0.309 e. The summed E-state index contributed by atoms with van der Waals surface area (Å²) >= 11 is 0. The van der Waals surface area contributed by atoms with Crippen LogP contribution < -0.4 is 5.73 Å². The molecule has 1 fully saturated rings. The van der Waals surface area contributed by atoms with Crippen LogP contribution in [-0.2, 0) is 25.6 Å². The molecular formula is C27H40N2O7. The van der Waals surface area contributed by atoms with Gasteiger partial charge in [-0.2, -0.15) is 0 Å². The van der Waals surface area contributed by atoms with Crippen LogP contribution in [0.2, 0.25) is 0 Å². The normalized spacial score (nSPS) is 37.2. The Morgan fingerprint density at radius 3 is 2.58 bits per heavy atom. The first-order chi connectivity index (χ1) is 16.8. The minimum absolute atomic E-state index is 0.143. The Morgan fingerprint density at radius 1 is 1.25 bits per heavy atom. The van der Waals surface area contributed by atoms with Crippen molar-refractivity contribution in [2.45, 2.75) is 97.4 Å². The van der Waals surface area contributed by atoms with Crippen LogP contribution in [0.1, 0.15) is 72.4 Å². The number of fused-ring (bicyclic) bond motifs is 1. The summed E-state index contributed by atoms with van der Waals surface area (Å²) in [6, 6.07) is 0. The number of hydrogen-bond acceptors (Lipinski definition) is 9. The molecule has 36 heavy (non-hydrogen) atoms. The maximum absolute atomic E-state index is 13.2. The number of Topliss-reactive ketones (excluding diaryl/α,β-unsaturated/α-hetero) is 1. The fraction of sp³-hybridized carbons (Fsp3) is 0.667. The Hall–Kier alpha value is -2.33. The number of ether oxygens (including phenoxy) is 2. The number of ketones is 1. The van der Waals surface area contributed by atoms with E-state index in [1.165, 1.54) is 6.26 Å². The van der Waals surface area contributed by atoms with Gasteiger partial charge < -0.3 is 29.8 Å². The maximum atomic E-state index is 13.2. The van der Waals surface area contributed by atoms with Gasteiger partial charge in [-0.1, -0.05) is 39.8 Å². The molecule has 2 aliphatic rings. The molecule has 0 amide bonds. The molecule has 0 aliphatic carbocycles. The van der Waals surface area contributed by atoms with E-state index in [9.17, 15) is 19.8 Å². The number of nitrogens with zero attached hydrogens (tertiary/aromatic N) is 1. The number of hydrogen-bond donors (Lipinski definition) is 3. The van der Waals surface area contributed by atoms with Gasteiger partial charge >= 0.3 is 5.97 Å². The van der Waals surface area contributed by atoms with Crippen LogP contribution in [0.5, 0.6) is 0 Å². The fourth-order valence-electron chi connectivity index (χ4n) is 4.71. The molecule has 9 nitrogen and oxygen atoms in total. The third-order valence-corrected chi connectivity index (χ3v) is 7.62. The lowest BCUT2D eigenvalue weighted by atomic mass is 9.73. The number of carbonyl (C=O) groups excluding carboxylic acids is 2. The highest BCUT2D eigenvalue weighted by atomic mass is 16.6. The van der Waals surface area contributed by atoms with Crippen LogP contribution in [0.3, 0.4) is 0 Å². The molecule has 2 unspecified atom stereocenters. The van der Waals surface area contributed by atoms with Crippen molar-refractivity contribution in [1.29, 1.82) is 0 Å². The number of carbonyl (C=O) groups is 2. The van der Waals surface area contributed by atoms with Crippen LogP contribution >= 0.6 is 0 Å². The van der Waals surface area contributed by atoms with Gasteiger partial charge in [0.15, 0.2) is 0 Å². The van der Waals surface area contributed by atoms with E-state index in [-0.39, 0.29) is 30.8 Å². The van der Waals surface area contributed by atoms with Crippen LogP contribution in [0, 0.1) is 17.3 Å². The Morgan fingerprint density at radius 2 is 1.94 bits per heavy atom. The number of oxazole rings is 1. The Balaban J connectivity index is 1.89. The molecule has 1 aromatic rings. The number of rotatable bonds is 3. The Labute approximate surface area is 212 Å². The van der Waals surface area contributed by atoms with E-state index in [0.29, 0.717) is 24.4 Å². The van der Waals surface area contributed by atoms with Crippen LogP contribution in [-0.4, -0.2) is 57.0 Å². The van der Waals surface area contributed by atoms with Crippen LogP contribution in [0.25, 0.3) is 6.08 Å². The van der Waals surface area contributed by atoms with E-state index in [0.717, 1.165) is 5.57 Å². The molecule has 0 bridgehead atoms. The van der Waals surface area contributed by atoms with Gasteiger partial charge in [-0.05, 0) is 31.9 Å². The van der Waals surface area contributed by atoms with Crippen molar-refractivity contribution in [2.75, 3.05) is 0 Å². The summed E-state index contributed by atoms with van der Waals surface area (Å²) < 4.78 is 17.1. The topological polar surface area (TPSA) is 148 Å². The monoisotopic (exact) mass is 504 g/mol. The van der Waals surface area contributed by atoms with E-state index in [1.54, 1.807) is 26.8 Å². The van der Waals surface area contributed by atoms with Gasteiger partial charge in [0.1, 0.15) is 23.8 Å². The molecule has 9 heteroatoms. The van der Waals surface area contributed by atoms with Crippen molar-refractivity contribution < 1.29 is 33.7 Å². The van der Waals surface area contributed by atoms with Crippen molar-refractivity contribution in [2.24, 2.45) is 23.0 Å². The van der Waals surface area contributed by atoms with Gasteiger partial charge in [-0.3, -0.25) is 9.59 Å². The third-order valence-electron chi connectivity index (χ3n) is 7.62. The quantitative estimate of drug-likeness (QED) is 0.321. The van der Waals surface area contributed by atoms with Gasteiger partial charge in [0.25, 0.3) is 0 Å². The number of esters is 1. The molecule has 0 saturated carbocycles. The van der Waals surface area contributed by atoms with E-state index < -0.39 is 41.2 Å². The zero-order valence-electron chi connectivity index (χ0n) is 22.1. The largest absolute Gasteiger partial charge is 0.458 e. The van der Waals surface area contributed by atoms with E-state index in [1.807, 2.05) is 32.9 Å². The van der Waals surface area contributed by atoms with E-state index in [4.69, 9.17) is 19.6 Å². The molecule has 0 spiro atoms. The first-order valence-electron chi connectivity index (χ1n) is 12.6. The number of epoxide rings is 1. The number of aromatic nitrogens is 1. The molecule has 0 aromatic carbocycles. The third kappa shape index (κ3) is 6.32. The average Bonchev–Trinajstić information content (AvgIpc) is 3.23. The van der Waals surface area contributed by atoms with Gasteiger partial charge in [-0.25, -0.2) is 4.98 Å². The zero-order valence-corrected chi connectivity index (χ0v) is 22.1. The summed E-state index contributed by atoms with van der Waals surface area (Å²) in [4.78, 5) is 30.4. The second-order valence-corrected chi connectivity index (χ2v) is 11.0. The van der Waals surface area contributed by atoms with Crippen molar-refractivity contribution in [3.8, 4) is 0 Å². The second-order valence-electron chi connectivity index (χ2n) is 11.0. The molecule has 0 radical (unpaired) electrons. The summed E-state index contributed by atoms with van der Waals surface area (Å²) in [6.45, 7) is 10.7. The molecule has 1 saturated heterocycles. The summed E-state index contributed by atoms with van der Waals surface area (Å²) in [5, 5.41) is 21.6. The zero-order chi connectivity index (χ0) is 26.8. The predicted molar refractivity (Wildman–Crippen MR) is 133 cm³/mol. The van der Waals surface area contributed by atoms with Crippen molar-refractivity contribution in [3.63, 3.8) is 0 Å². The van der Waals surface area contributed by atoms with Crippen molar-refractivity contribution >= 4 is 17.8 Å². The lowest BCUT2D eigenvalue weighted by Crippen LogP contribution is -2.45. The molecule has 4 N–H and O–H groups in total. The molecule has 200 valence electrons. The van der Waals surface area contributed by atoms with Gasteiger partial charge in [0, 0.05) is 18.3 Å². The summed E-state index contributed by atoms with van der Waals surface area (Å²) in [7, 11) is 0. The Bertz CT molecular complexity index is 1010. The van der Waals surface area contributed by atoms with Crippen molar-refractivity contribution in [3.05, 3.63) is 35.6 Å². The minimum Gasteiger partial charge on any atom is -0.458 e. The summed E-state index contributed by atoms with van der Waals surface area (Å²) in [5.41, 5.74) is 5.20. The van der Waals surface area contributed by atoms with E-state index >= 15 is 0 Å². The lowest BCUT2D eigenvalue weighted by Gasteiger charge is -2.34. The standard InChI is InChI=1S/C27H40N2O7/c1-15-8-7-9-27(6)21(36-27)11-19(16(2)10-18-14-34-22(13-28)29-18)35-23(31)12-20(30)26(4,5)25(33)17(3)24(15)32/h7-8,10,14-15,17,19-21,24,30,32H,9,11-13,28H2,1-6H3/b8-7+,16-10+/t15-,17+,19-,20-,21?,24-,27?/m0/s1. The highest BCUT2D eigenvalue weighted by Gasteiger charge is 2.52. The molecule has 7 atom stereocenters. The molecule has 3 heterocycles. The molecule has 2 aliphatic heterocycles. The lowest BCUT2D eigenvalue weighted by molar-refractivity contribution is -0.154. The average molecular weight is 505 g/mol. The first-order valence-corrected chi connectivity index (χ1v) is 12.6. The minimum atomic E-state index is -1.28. The van der Waals surface area contributed by atoms with Crippen LogP contribution in [0.15, 0.2) is 28.4 Å². The number of nitrogens with two attached hydrogens (primary N) is 1. The van der Waals surface area contributed by atoms with Crippen molar-refractivity contribution in [1.82, 2.24) is 4.98 Å². The van der Waals surface area contributed by atoms with Gasteiger partial charge in [-0.15, -0.1) is 0 Å². The SMILES string of the molecule is C/C(=C\c1coc(CN)n1)[C@@H]1CC2OC2(C)C/C=C/[C@H](C)[C@H](O)[C@@H](C)C(=O)C(C)(C)[C@@H](O)CC(=O)O1. The first kappa shape index (κ1) is 28.2. The number of aliphatic hydroxyl groups is 2. The second kappa shape index (κ2) is 11.0. The van der Waals surface area contributed by atoms with Crippen LogP contribution in [0.4, 0.5) is 0 Å². The highest BCUT2D eigenvalue weighted by molar-refractivity contribution is 5.88. The Kier molecular flexibility index (Phi) is 8.60. The van der Waals surface area contributed by atoms with E-state index in [2.05, 4.69) is 4.98 Å². The summed E-state index contributed by atoms with van der Waals surface area (Å²) in [6.07, 6.45) is 4.85. The molecular weight excluding hydrogens is 464 g/mol. The fourth-order valence-corrected chi connectivity index (χ4v) is 4.71. The summed E-state index contributed by atoms with van der Waals surface area (Å²) in [5.74, 6) is -1.53. The number of aliphatic hydroxyl groups excluding tert-OH is 2.